The van der Waals surface area contributed by atoms with Gasteiger partial charge in [-0.05, 0) is 64.2 Å². The predicted molar refractivity (Wildman–Crippen MR) is 121 cm³/mol. The Labute approximate surface area is 188 Å². The summed E-state index contributed by atoms with van der Waals surface area (Å²) in [6.45, 7) is 6.87. The van der Waals surface area contributed by atoms with Gasteiger partial charge in [0.25, 0.3) is 0 Å². The summed E-state index contributed by atoms with van der Waals surface area (Å²) in [5.41, 5.74) is 0. The molecule has 0 aromatic carbocycles. The molecular formula is C26H52BrN. The first-order valence-corrected chi connectivity index (χ1v) is 13.2. The van der Waals surface area contributed by atoms with Crippen LogP contribution >= 0.6 is 0 Å². The van der Waals surface area contributed by atoms with Gasteiger partial charge in [-0.2, -0.15) is 0 Å². The van der Waals surface area contributed by atoms with Crippen LogP contribution in [0.1, 0.15) is 142 Å². The summed E-state index contributed by atoms with van der Waals surface area (Å²) in [5, 5.41) is 0. The van der Waals surface area contributed by atoms with E-state index in [-0.39, 0.29) is 17.0 Å². The van der Waals surface area contributed by atoms with E-state index in [9.17, 15) is 0 Å². The normalized spacial score (nSPS) is 24.5. The maximum absolute atomic E-state index is 2.33. The summed E-state index contributed by atoms with van der Waals surface area (Å²) in [6.07, 6.45) is 31.4. The minimum atomic E-state index is 0. The molecule has 2 heteroatoms. The molecule has 2 aliphatic heterocycles. The summed E-state index contributed by atoms with van der Waals surface area (Å²) in [7, 11) is 0. The van der Waals surface area contributed by atoms with Crippen LogP contribution in [0.4, 0.5) is 0 Å². The van der Waals surface area contributed by atoms with Crippen LogP contribution in [-0.2, 0) is 0 Å². The highest BCUT2D eigenvalue weighted by Crippen LogP contribution is 2.30. The van der Waals surface area contributed by atoms with Gasteiger partial charge in [0.15, 0.2) is 0 Å². The molecule has 2 aliphatic rings. The molecule has 1 atom stereocenters. The van der Waals surface area contributed by atoms with Crippen molar-refractivity contribution >= 4 is 0 Å². The fraction of sp³-hybridized carbons (Fsp3) is 1.00. The predicted octanol–water partition coefficient (Wildman–Crippen LogP) is 5.42. The Kier molecular flexibility index (Phi) is 16.2. The van der Waals surface area contributed by atoms with E-state index in [2.05, 4.69) is 6.92 Å². The Morgan fingerprint density at radius 1 is 0.536 bits per heavy atom. The van der Waals surface area contributed by atoms with Crippen LogP contribution < -0.4 is 17.0 Å². The number of quaternary nitrogens is 1. The minimum absolute atomic E-state index is 0. The molecule has 1 spiro atoms. The van der Waals surface area contributed by atoms with Crippen molar-refractivity contribution < 1.29 is 21.5 Å². The lowest BCUT2D eigenvalue weighted by Gasteiger charge is -2.46. The molecule has 28 heavy (non-hydrogen) atoms. The van der Waals surface area contributed by atoms with Crippen LogP contribution in [0.5, 0.6) is 0 Å². The van der Waals surface area contributed by atoms with Gasteiger partial charge in [-0.1, -0.05) is 77.6 Å². The molecule has 2 fully saturated rings. The van der Waals surface area contributed by atoms with Crippen molar-refractivity contribution in [1.29, 1.82) is 0 Å². The van der Waals surface area contributed by atoms with Gasteiger partial charge in [-0.3, -0.25) is 0 Å². The molecular weight excluding hydrogens is 406 g/mol. The summed E-state index contributed by atoms with van der Waals surface area (Å²) in [6, 6.07) is 0.997. The Morgan fingerprint density at radius 2 is 0.964 bits per heavy atom. The van der Waals surface area contributed by atoms with Crippen LogP contribution in [0.25, 0.3) is 0 Å². The van der Waals surface area contributed by atoms with Crippen molar-refractivity contribution in [3.05, 3.63) is 0 Å². The SMILES string of the molecule is CCCCCCCCCC1CCCCCCCC[N+]12CCCCCCCC2.[Br-]. The van der Waals surface area contributed by atoms with Crippen molar-refractivity contribution in [2.45, 2.75) is 148 Å². The number of hydrogen-bond donors (Lipinski definition) is 0. The van der Waals surface area contributed by atoms with Crippen molar-refractivity contribution in [3.63, 3.8) is 0 Å². The average Bonchev–Trinajstić information content (AvgIpc) is 2.80. The lowest BCUT2D eigenvalue weighted by atomic mass is 9.93. The molecule has 2 rings (SSSR count). The zero-order chi connectivity index (χ0) is 19.0. The van der Waals surface area contributed by atoms with Gasteiger partial charge in [0.2, 0.25) is 0 Å². The van der Waals surface area contributed by atoms with E-state index >= 15 is 0 Å². The first-order chi connectivity index (χ1) is 13.4. The monoisotopic (exact) mass is 457 g/mol. The molecule has 1 nitrogen and oxygen atoms in total. The molecule has 1 unspecified atom stereocenters. The fourth-order valence-corrected chi connectivity index (χ4v) is 5.99. The van der Waals surface area contributed by atoms with E-state index in [1.165, 1.54) is 159 Å². The van der Waals surface area contributed by atoms with Crippen molar-refractivity contribution in [2.24, 2.45) is 0 Å². The highest BCUT2D eigenvalue weighted by atomic mass is 79.9. The number of unbranched alkanes of at least 4 members (excludes halogenated alkanes) is 6. The first kappa shape index (κ1) is 26.5. The van der Waals surface area contributed by atoms with E-state index in [1.807, 2.05) is 0 Å². The minimum Gasteiger partial charge on any atom is -1.00 e. The summed E-state index contributed by atoms with van der Waals surface area (Å²) in [5.74, 6) is 0. The van der Waals surface area contributed by atoms with Crippen LogP contribution in [-0.4, -0.2) is 30.2 Å². The van der Waals surface area contributed by atoms with Crippen LogP contribution in [0.3, 0.4) is 0 Å². The van der Waals surface area contributed by atoms with Crippen molar-refractivity contribution in [1.82, 2.24) is 0 Å². The standard InChI is InChI=1S/C26H52N.BrH/c1-2-3-4-5-6-11-16-21-26-22-17-12-7-8-13-18-23-27(26)24-19-14-9-10-15-20-25-27;/h26H,2-25H2,1H3;1H/q+1;/p-1. The summed E-state index contributed by atoms with van der Waals surface area (Å²) in [4.78, 5) is 0. The third-order valence-electron chi connectivity index (χ3n) is 7.76. The quantitative estimate of drug-likeness (QED) is 0.337. The molecule has 0 amide bonds. The third-order valence-corrected chi connectivity index (χ3v) is 7.76. The second-order valence-corrected chi connectivity index (χ2v) is 9.98. The molecule has 2 saturated heterocycles. The van der Waals surface area contributed by atoms with E-state index < -0.39 is 0 Å². The first-order valence-electron chi connectivity index (χ1n) is 13.2. The largest absolute Gasteiger partial charge is 1.00 e. The van der Waals surface area contributed by atoms with Crippen molar-refractivity contribution in [3.8, 4) is 0 Å². The third kappa shape index (κ3) is 10.5. The van der Waals surface area contributed by atoms with E-state index in [4.69, 9.17) is 0 Å². The Morgan fingerprint density at radius 3 is 1.50 bits per heavy atom. The lowest BCUT2D eigenvalue weighted by molar-refractivity contribution is -0.952. The molecule has 0 N–H and O–H groups in total. The van der Waals surface area contributed by atoms with E-state index in [0.717, 1.165) is 6.04 Å². The highest BCUT2D eigenvalue weighted by molar-refractivity contribution is 4.67. The molecule has 168 valence electrons. The summed E-state index contributed by atoms with van der Waals surface area (Å²) < 4.78 is 1.54. The highest BCUT2D eigenvalue weighted by Gasteiger charge is 2.35. The van der Waals surface area contributed by atoms with Crippen LogP contribution in [0.15, 0.2) is 0 Å². The van der Waals surface area contributed by atoms with Gasteiger partial charge < -0.3 is 21.5 Å². The van der Waals surface area contributed by atoms with E-state index in [0.29, 0.717) is 0 Å². The van der Waals surface area contributed by atoms with Gasteiger partial charge in [0.05, 0.1) is 25.7 Å². The molecule has 0 aromatic rings. The Bertz CT molecular complexity index is 333. The smallest absolute Gasteiger partial charge is 0.0890 e. The number of nitrogens with zero attached hydrogens (tertiary/aromatic N) is 1. The maximum Gasteiger partial charge on any atom is 0.0890 e. The maximum atomic E-state index is 2.33. The second-order valence-electron chi connectivity index (χ2n) is 9.98. The number of halogens is 1. The average molecular weight is 459 g/mol. The molecule has 2 heterocycles. The van der Waals surface area contributed by atoms with Crippen LogP contribution in [0.2, 0.25) is 0 Å². The van der Waals surface area contributed by atoms with Crippen molar-refractivity contribution in [2.75, 3.05) is 19.6 Å². The molecule has 0 aliphatic carbocycles. The number of rotatable bonds is 8. The van der Waals surface area contributed by atoms with Gasteiger partial charge >= 0.3 is 0 Å². The lowest BCUT2D eigenvalue weighted by Crippen LogP contribution is -3.00. The zero-order valence-electron chi connectivity index (χ0n) is 19.4. The fourth-order valence-electron chi connectivity index (χ4n) is 5.99. The van der Waals surface area contributed by atoms with Crippen LogP contribution in [0, 0.1) is 0 Å². The second kappa shape index (κ2) is 17.2. The van der Waals surface area contributed by atoms with Gasteiger partial charge in [0, 0.05) is 0 Å². The molecule has 0 saturated carbocycles. The Hall–Kier alpha value is 0.440. The van der Waals surface area contributed by atoms with Gasteiger partial charge in [0.1, 0.15) is 0 Å². The zero-order valence-corrected chi connectivity index (χ0v) is 21.0. The topological polar surface area (TPSA) is 0 Å². The Balaban J connectivity index is 0.00000392. The van der Waals surface area contributed by atoms with Gasteiger partial charge in [-0.15, -0.1) is 0 Å². The number of hydrogen-bond acceptors (Lipinski definition) is 0. The summed E-state index contributed by atoms with van der Waals surface area (Å²) >= 11 is 0. The molecule has 0 aromatic heterocycles. The van der Waals surface area contributed by atoms with Gasteiger partial charge in [-0.25, -0.2) is 0 Å². The molecule has 0 bridgehead atoms. The van der Waals surface area contributed by atoms with E-state index in [1.54, 1.807) is 0 Å². The molecule has 0 radical (unpaired) electrons.